The summed E-state index contributed by atoms with van der Waals surface area (Å²) in [5, 5.41) is 5.66. The highest BCUT2D eigenvalue weighted by Crippen LogP contribution is 2.23. The molecule has 1 rings (SSSR count). The molecule has 0 saturated carbocycles. The lowest BCUT2D eigenvalue weighted by Crippen LogP contribution is -2.42. The largest absolute Gasteiger partial charge is 0.444 e. The zero-order valence-corrected chi connectivity index (χ0v) is 10.9. The average molecular weight is 246 g/mol. The summed E-state index contributed by atoms with van der Waals surface area (Å²) in [5.74, 6) is 0. The van der Waals surface area contributed by atoms with E-state index in [1.165, 1.54) is 0 Å². The molecule has 1 saturated heterocycles. The Kier molecular flexibility index (Phi) is 4.74. The first-order chi connectivity index (χ1) is 7.81. The Morgan fingerprint density at radius 3 is 2.76 bits per heavy atom. The maximum Gasteiger partial charge on any atom is 0.407 e. The van der Waals surface area contributed by atoms with Crippen LogP contribution in [0.5, 0.6) is 0 Å². The Morgan fingerprint density at radius 1 is 1.41 bits per heavy atom. The summed E-state index contributed by atoms with van der Waals surface area (Å²) in [6, 6.07) is 0. The van der Waals surface area contributed by atoms with Crippen molar-refractivity contribution in [2.45, 2.75) is 51.3 Å². The molecule has 1 aliphatic heterocycles. The minimum atomic E-state index is -1.31. The van der Waals surface area contributed by atoms with Gasteiger partial charge in [-0.25, -0.2) is 9.18 Å². The summed E-state index contributed by atoms with van der Waals surface area (Å²) in [7, 11) is 0. The lowest BCUT2D eigenvalue weighted by atomic mass is 9.97. The predicted molar refractivity (Wildman–Crippen MR) is 64.8 cm³/mol. The van der Waals surface area contributed by atoms with E-state index in [2.05, 4.69) is 10.6 Å². The van der Waals surface area contributed by atoms with Gasteiger partial charge >= 0.3 is 6.09 Å². The van der Waals surface area contributed by atoms with Crippen molar-refractivity contribution in [1.29, 1.82) is 0 Å². The van der Waals surface area contributed by atoms with Gasteiger partial charge in [0, 0.05) is 0 Å². The van der Waals surface area contributed by atoms with E-state index in [1.54, 1.807) is 20.8 Å². The fourth-order valence-corrected chi connectivity index (χ4v) is 1.81. The van der Waals surface area contributed by atoms with E-state index in [0.717, 1.165) is 13.0 Å². The molecule has 1 aliphatic rings. The maximum absolute atomic E-state index is 14.3. The molecule has 0 aromatic carbocycles. The molecule has 1 fully saturated rings. The summed E-state index contributed by atoms with van der Waals surface area (Å²) in [6.07, 6.45) is 1.16. The zero-order chi connectivity index (χ0) is 12.9. The predicted octanol–water partition coefficient (Wildman–Crippen LogP) is 1.99. The zero-order valence-electron chi connectivity index (χ0n) is 10.9. The molecule has 0 spiro atoms. The number of rotatable bonds is 2. The summed E-state index contributed by atoms with van der Waals surface area (Å²) >= 11 is 0. The molecule has 5 heteroatoms. The van der Waals surface area contributed by atoms with E-state index in [4.69, 9.17) is 4.74 Å². The molecule has 1 amide bonds. The van der Waals surface area contributed by atoms with Gasteiger partial charge in [0.15, 0.2) is 0 Å². The van der Waals surface area contributed by atoms with Gasteiger partial charge in [0.1, 0.15) is 11.3 Å². The quantitative estimate of drug-likeness (QED) is 0.783. The van der Waals surface area contributed by atoms with E-state index < -0.39 is 17.4 Å². The Bertz CT molecular complexity index is 256. The fourth-order valence-electron chi connectivity index (χ4n) is 1.81. The first-order valence-corrected chi connectivity index (χ1v) is 6.17. The third-order valence-corrected chi connectivity index (χ3v) is 2.68. The highest BCUT2D eigenvalue weighted by atomic mass is 19.1. The highest BCUT2D eigenvalue weighted by Gasteiger charge is 2.31. The van der Waals surface area contributed by atoms with Gasteiger partial charge in [0.2, 0.25) is 0 Å². The third kappa shape index (κ3) is 5.86. The van der Waals surface area contributed by atoms with E-state index in [0.29, 0.717) is 19.4 Å². The van der Waals surface area contributed by atoms with Crippen LogP contribution >= 0.6 is 0 Å². The average Bonchev–Trinajstić information content (AvgIpc) is 2.38. The Hall–Kier alpha value is -0.840. The highest BCUT2D eigenvalue weighted by molar-refractivity contribution is 5.67. The molecular formula is C12H23FN2O2. The van der Waals surface area contributed by atoms with E-state index in [-0.39, 0.29) is 6.54 Å². The minimum Gasteiger partial charge on any atom is -0.444 e. The second-order valence-corrected chi connectivity index (χ2v) is 5.61. The minimum absolute atomic E-state index is 0.0313. The van der Waals surface area contributed by atoms with Crippen LogP contribution in [0.15, 0.2) is 0 Å². The molecule has 0 aromatic rings. The molecule has 0 bridgehead atoms. The third-order valence-electron chi connectivity index (χ3n) is 2.68. The van der Waals surface area contributed by atoms with Crippen LogP contribution in [-0.4, -0.2) is 37.0 Å². The lowest BCUT2D eigenvalue weighted by Gasteiger charge is -2.25. The molecule has 0 radical (unpaired) electrons. The molecule has 1 atom stereocenters. The summed E-state index contributed by atoms with van der Waals surface area (Å²) in [4.78, 5) is 11.4. The van der Waals surface area contributed by atoms with Crippen molar-refractivity contribution in [1.82, 2.24) is 10.6 Å². The second-order valence-electron chi connectivity index (χ2n) is 5.61. The van der Waals surface area contributed by atoms with Crippen molar-refractivity contribution in [3.05, 3.63) is 0 Å². The molecule has 1 heterocycles. The van der Waals surface area contributed by atoms with Crippen LogP contribution in [0.1, 0.15) is 40.0 Å². The molecule has 1 unspecified atom stereocenters. The number of hydrogen-bond acceptors (Lipinski definition) is 3. The SMILES string of the molecule is CC(C)(C)OC(=O)NCC1(F)CCCNCC1. The summed E-state index contributed by atoms with van der Waals surface area (Å²) in [6.45, 7) is 6.89. The van der Waals surface area contributed by atoms with Crippen LogP contribution in [0.2, 0.25) is 0 Å². The van der Waals surface area contributed by atoms with Crippen LogP contribution in [0, 0.1) is 0 Å². The normalized spacial score (nSPS) is 26.1. The molecule has 0 aliphatic carbocycles. The van der Waals surface area contributed by atoms with Gasteiger partial charge in [-0.15, -0.1) is 0 Å². The van der Waals surface area contributed by atoms with E-state index in [1.807, 2.05) is 0 Å². The van der Waals surface area contributed by atoms with Gasteiger partial charge in [-0.05, 0) is 53.1 Å². The van der Waals surface area contributed by atoms with Gasteiger partial charge in [-0.3, -0.25) is 0 Å². The molecule has 0 aromatic heterocycles. The Balaban J connectivity index is 2.35. The number of carbonyl (C=O) groups is 1. The van der Waals surface area contributed by atoms with Crippen LogP contribution in [0.4, 0.5) is 9.18 Å². The molecular weight excluding hydrogens is 223 g/mol. The number of alkyl carbamates (subject to hydrolysis) is 1. The smallest absolute Gasteiger partial charge is 0.407 e. The number of amides is 1. The lowest BCUT2D eigenvalue weighted by molar-refractivity contribution is 0.0465. The van der Waals surface area contributed by atoms with Gasteiger partial charge in [0.05, 0.1) is 6.54 Å². The monoisotopic (exact) mass is 246 g/mol. The standard InChI is InChI=1S/C12H23FN2O2/c1-11(2,3)17-10(16)15-9-12(13)5-4-7-14-8-6-12/h14H,4-9H2,1-3H3,(H,15,16). The number of carbonyl (C=O) groups excluding carboxylic acids is 1. The van der Waals surface area contributed by atoms with Crippen molar-refractivity contribution in [3.63, 3.8) is 0 Å². The topological polar surface area (TPSA) is 50.4 Å². The second kappa shape index (κ2) is 5.67. The van der Waals surface area contributed by atoms with Crippen LogP contribution in [-0.2, 0) is 4.74 Å². The van der Waals surface area contributed by atoms with Gasteiger partial charge in [-0.1, -0.05) is 0 Å². The number of alkyl halides is 1. The van der Waals surface area contributed by atoms with Crippen molar-refractivity contribution in [3.8, 4) is 0 Å². The van der Waals surface area contributed by atoms with Crippen LogP contribution in [0.3, 0.4) is 0 Å². The van der Waals surface area contributed by atoms with Gasteiger partial charge < -0.3 is 15.4 Å². The summed E-state index contributed by atoms with van der Waals surface area (Å²) < 4.78 is 19.4. The van der Waals surface area contributed by atoms with Crippen LogP contribution in [0.25, 0.3) is 0 Å². The van der Waals surface area contributed by atoms with E-state index >= 15 is 0 Å². The maximum atomic E-state index is 14.3. The van der Waals surface area contributed by atoms with E-state index in [9.17, 15) is 9.18 Å². The Labute approximate surface area is 102 Å². The fraction of sp³-hybridized carbons (Fsp3) is 0.917. The number of halogens is 1. The molecule has 17 heavy (non-hydrogen) atoms. The van der Waals surface area contributed by atoms with Crippen molar-refractivity contribution in [2.75, 3.05) is 19.6 Å². The van der Waals surface area contributed by atoms with Crippen molar-refractivity contribution < 1.29 is 13.9 Å². The molecule has 100 valence electrons. The van der Waals surface area contributed by atoms with Gasteiger partial charge in [-0.2, -0.15) is 0 Å². The van der Waals surface area contributed by atoms with Crippen LogP contribution < -0.4 is 10.6 Å². The van der Waals surface area contributed by atoms with Crippen molar-refractivity contribution >= 4 is 6.09 Å². The molecule has 2 N–H and O–H groups in total. The first-order valence-electron chi connectivity index (χ1n) is 6.17. The molecule has 4 nitrogen and oxygen atoms in total. The first kappa shape index (κ1) is 14.2. The summed E-state index contributed by atoms with van der Waals surface area (Å²) in [5.41, 5.74) is -1.85. The number of hydrogen-bond donors (Lipinski definition) is 2. The number of ether oxygens (including phenoxy) is 1. The van der Waals surface area contributed by atoms with Crippen molar-refractivity contribution in [2.24, 2.45) is 0 Å². The Morgan fingerprint density at radius 2 is 2.12 bits per heavy atom. The number of nitrogens with one attached hydrogen (secondary N) is 2. The van der Waals surface area contributed by atoms with Gasteiger partial charge in [0.25, 0.3) is 0 Å².